The van der Waals surface area contributed by atoms with Crippen molar-refractivity contribution in [2.75, 3.05) is 16.8 Å². The summed E-state index contributed by atoms with van der Waals surface area (Å²) in [7, 11) is 0. The van der Waals surface area contributed by atoms with E-state index in [1.165, 1.54) is 12.7 Å². The maximum atomic E-state index is 13.8. The molecule has 1 unspecified atom stereocenters. The predicted molar refractivity (Wildman–Crippen MR) is 86.9 cm³/mol. The molecule has 1 aliphatic heterocycles. The molecular weight excluding hydrogens is 317 g/mol. The van der Waals surface area contributed by atoms with Gasteiger partial charge in [-0.05, 0) is 37.8 Å². The Morgan fingerprint density at radius 1 is 1.17 bits per heavy atom. The molecule has 1 atom stereocenters. The highest BCUT2D eigenvalue weighted by atomic mass is 19.2. The van der Waals surface area contributed by atoms with Gasteiger partial charge in [0.05, 0.1) is 5.69 Å². The van der Waals surface area contributed by atoms with Crippen LogP contribution in [0.4, 0.5) is 30.5 Å². The Kier molecular flexibility index (Phi) is 4.87. The quantitative estimate of drug-likeness (QED) is 0.840. The molecule has 0 amide bonds. The monoisotopic (exact) mass is 336 g/mol. The molecule has 1 fully saturated rings. The zero-order valence-corrected chi connectivity index (χ0v) is 13.4. The second kappa shape index (κ2) is 7.07. The van der Waals surface area contributed by atoms with Crippen LogP contribution in [0.2, 0.25) is 0 Å². The first kappa shape index (κ1) is 16.5. The van der Waals surface area contributed by atoms with E-state index in [1.54, 1.807) is 6.07 Å². The summed E-state index contributed by atoms with van der Waals surface area (Å²) < 4.78 is 40.1. The van der Waals surface area contributed by atoms with Crippen molar-refractivity contribution in [3.05, 3.63) is 42.0 Å². The fourth-order valence-corrected chi connectivity index (χ4v) is 3.06. The van der Waals surface area contributed by atoms with E-state index in [1.807, 2.05) is 0 Å². The average Bonchev–Trinajstić information content (AvgIpc) is 2.62. The smallest absolute Gasteiger partial charge is 0.196 e. The Balaban J connectivity index is 1.84. The van der Waals surface area contributed by atoms with E-state index < -0.39 is 17.5 Å². The molecule has 1 aromatic heterocycles. The van der Waals surface area contributed by atoms with Gasteiger partial charge in [0.1, 0.15) is 18.0 Å². The van der Waals surface area contributed by atoms with Crippen molar-refractivity contribution in [1.82, 2.24) is 9.97 Å². The minimum atomic E-state index is -1.50. The van der Waals surface area contributed by atoms with Crippen molar-refractivity contribution in [1.29, 1.82) is 0 Å². The highest BCUT2D eigenvalue weighted by molar-refractivity contribution is 5.60. The first-order chi connectivity index (χ1) is 11.6. The largest absolute Gasteiger partial charge is 0.353 e. The number of halogens is 3. The topological polar surface area (TPSA) is 41.0 Å². The molecule has 2 heterocycles. The molecule has 0 radical (unpaired) electrons. The van der Waals surface area contributed by atoms with E-state index in [0.29, 0.717) is 11.9 Å². The molecule has 1 N–H and O–H groups in total. The standard InChI is InChI=1S/C17H19F3N4/c1-2-11-5-3-4-8-24(11)15-9-14(21-10-22-15)23-13-7-6-12(18)16(19)17(13)20/h6-7,9-11H,2-5,8H2,1H3,(H,21,22,23). The first-order valence-electron chi connectivity index (χ1n) is 8.09. The van der Waals surface area contributed by atoms with E-state index in [-0.39, 0.29) is 5.69 Å². The first-order valence-corrected chi connectivity index (χ1v) is 8.09. The predicted octanol–water partition coefficient (Wildman–Crippen LogP) is 4.41. The number of nitrogens with one attached hydrogen (secondary N) is 1. The minimum absolute atomic E-state index is 0.163. The molecule has 0 bridgehead atoms. The Morgan fingerprint density at radius 2 is 2.00 bits per heavy atom. The summed E-state index contributed by atoms with van der Waals surface area (Å²) in [5, 5.41) is 2.69. The van der Waals surface area contributed by atoms with Gasteiger partial charge in [-0.25, -0.2) is 23.1 Å². The number of benzene rings is 1. The Hall–Kier alpha value is -2.31. The van der Waals surface area contributed by atoms with Crippen LogP contribution < -0.4 is 10.2 Å². The summed E-state index contributed by atoms with van der Waals surface area (Å²) in [6, 6.07) is 4.14. The molecule has 4 nitrogen and oxygen atoms in total. The van der Waals surface area contributed by atoms with Gasteiger partial charge in [0.25, 0.3) is 0 Å². The van der Waals surface area contributed by atoms with E-state index in [0.717, 1.165) is 43.8 Å². The lowest BCUT2D eigenvalue weighted by molar-refractivity contribution is 0.446. The number of nitrogens with zero attached hydrogens (tertiary/aromatic N) is 3. The van der Waals surface area contributed by atoms with Gasteiger partial charge < -0.3 is 10.2 Å². The third-order valence-electron chi connectivity index (χ3n) is 4.34. The molecule has 2 aromatic rings. The Bertz CT molecular complexity index is 723. The van der Waals surface area contributed by atoms with Crippen molar-refractivity contribution >= 4 is 17.3 Å². The van der Waals surface area contributed by atoms with Crippen molar-refractivity contribution < 1.29 is 13.2 Å². The summed E-state index contributed by atoms with van der Waals surface area (Å²) in [5.41, 5.74) is -0.163. The molecule has 1 aliphatic rings. The lowest BCUT2D eigenvalue weighted by atomic mass is 10.0. The second-order valence-electron chi connectivity index (χ2n) is 5.86. The third-order valence-corrected chi connectivity index (χ3v) is 4.34. The zero-order chi connectivity index (χ0) is 17.1. The number of hydrogen-bond acceptors (Lipinski definition) is 4. The molecule has 1 aromatic carbocycles. The zero-order valence-electron chi connectivity index (χ0n) is 13.4. The average molecular weight is 336 g/mol. The van der Waals surface area contributed by atoms with Crippen LogP contribution in [0.5, 0.6) is 0 Å². The van der Waals surface area contributed by atoms with Gasteiger partial charge in [-0.1, -0.05) is 6.92 Å². The van der Waals surface area contributed by atoms with Crippen molar-refractivity contribution in [3.63, 3.8) is 0 Å². The fraction of sp³-hybridized carbons (Fsp3) is 0.412. The highest BCUT2D eigenvalue weighted by Crippen LogP contribution is 2.28. The highest BCUT2D eigenvalue weighted by Gasteiger charge is 2.22. The van der Waals surface area contributed by atoms with Crippen LogP contribution in [-0.2, 0) is 0 Å². The third kappa shape index (κ3) is 3.29. The molecule has 128 valence electrons. The SMILES string of the molecule is CCC1CCCCN1c1cc(Nc2ccc(F)c(F)c2F)ncn1. The molecular formula is C17H19F3N4. The molecule has 7 heteroatoms. The molecule has 0 spiro atoms. The summed E-state index contributed by atoms with van der Waals surface area (Å²) in [4.78, 5) is 10.6. The van der Waals surface area contributed by atoms with Gasteiger partial charge in [-0.2, -0.15) is 0 Å². The Morgan fingerprint density at radius 3 is 2.79 bits per heavy atom. The number of piperidine rings is 1. The summed E-state index contributed by atoms with van der Waals surface area (Å²) in [6.45, 7) is 3.05. The summed E-state index contributed by atoms with van der Waals surface area (Å²) in [5.74, 6) is -2.90. The minimum Gasteiger partial charge on any atom is -0.353 e. The van der Waals surface area contributed by atoms with Crippen LogP contribution in [0.1, 0.15) is 32.6 Å². The van der Waals surface area contributed by atoms with E-state index in [9.17, 15) is 13.2 Å². The lowest BCUT2D eigenvalue weighted by Gasteiger charge is -2.36. The molecule has 0 saturated carbocycles. The van der Waals surface area contributed by atoms with Crippen LogP contribution in [0, 0.1) is 17.5 Å². The van der Waals surface area contributed by atoms with Gasteiger partial charge in [0.15, 0.2) is 17.5 Å². The summed E-state index contributed by atoms with van der Waals surface area (Å²) >= 11 is 0. The van der Waals surface area contributed by atoms with Crippen molar-refractivity contribution in [3.8, 4) is 0 Å². The van der Waals surface area contributed by atoms with Crippen LogP contribution in [0.15, 0.2) is 24.5 Å². The fourth-order valence-electron chi connectivity index (χ4n) is 3.06. The number of hydrogen-bond donors (Lipinski definition) is 1. The van der Waals surface area contributed by atoms with Crippen LogP contribution in [-0.4, -0.2) is 22.6 Å². The molecule has 0 aliphatic carbocycles. The van der Waals surface area contributed by atoms with Gasteiger partial charge in [-0.15, -0.1) is 0 Å². The van der Waals surface area contributed by atoms with Gasteiger partial charge >= 0.3 is 0 Å². The van der Waals surface area contributed by atoms with Gasteiger partial charge in [-0.3, -0.25) is 0 Å². The van der Waals surface area contributed by atoms with E-state index in [2.05, 4.69) is 27.1 Å². The summed E-state index contributed by atoms with van der Waals surface area (Å²) in [6.07, 6.45) is 5.81. The normalized spacial score (nSPS) is 17.8. The van der Waals surface area contributed by atoms with Gasteiger partial charge in [0.2, 0.25) is 0 Å². The lowest BCUT2D eigenvalue weighted by Crippen LogP contribution is -2.39. The van der Waals surface area contributed by atoms with E-state index >= 15 is 0 Å². The Labute approximate surface area is 138 Å². The molecule has 24 heavy (non-hydrogen) atoms. The molecule has 1 saturated heterocycles. The van der Waals surface area contributed by atoms with Gasteiger partial charge in [0, 0.05) is 18.7 Å². The maximum absolute atomic E-state index is 13.8. The van der Waals surface area contributed by atoms with Crippen molar-refractivity contribution in [2.24, 2.45) is 0 Å². The number of aromatic nitrogens is 2. The second-order valence-corrected chi connectivity index (χ2v) is 5.86. The van der Waals surface area contributed by atoms with Crippen LogP contribution in [0.25, 0.3) is 0 Å². The number of rotatable bonds is 4. The molecule has 3 rings (SSSR count). The van der Waals surface area contributed by atoms with E-state index in [4.69, 9.17) is 0 Å². The number of anilines is 3. The maximum Gasteiger partial charge on any atom is 0.196 e. The van der Waals surface area contributed by atoms with Crippen LogP contribution in [0.3, 0.4) is 0 Å². The van der Waals surface area contributed by atoms with Crippen molar-refractivity contribution in [2.45, 2.75) is 38.6 Å². The van der Waals surface area contributed by atoms with Crippen LogP contribution >= 0.6 is 0 Å².